The Labute approximate surface area is 128 Å². The molecule has 0 aliphatic carbocycles. The third-order valence-corrected chi connectivity index (χ3v) is 3.71. The molecule has 2 aromatic carbocycles. The first-order chi connectivity index (χ1) is 8.24. The van der Waals surface area contributed by atoms with Crippen LogP contribution in [-0.2, 0) is 0 Å². The predicted molar refractivity (Wildman–Crippen MR) is 90.4 cm³/mol. The van der Waals surface area contributed by atoms with Gasteiger partial charge in [-0.15, -0.1) is 0 Å². The average Bonchev–Trinajstić information content (AvgIpc) is 2.34. The normalized spacial score (nSPS) is 10.0. The second-order valence-corrected chi connectivity index (χ2v) is 6.04. The Morgan fingerprint density at radius 1 is 0.647 bits per heavy atom. The van der Waals surface area contributed by atoms with E-state index in [0.717, 1.165) is 18.0 Å². The van der Waals surface area contributed by atoms with Crippen molar-refractivity contribution in [2.75, 3.05) is 17.3 Å². The summed E-state index contributed by atoms with van der Waals surface area (Å²) >= 11 is 4.60. The maximum Gasteiger partial charge on any atom is 0.0849 e. The molecule has 0 heterocycles. The van der Waals surface area contributed by atoms with Gasteiger partial charge >= 0.3 is 0 Å². The molecule has 4 heteroatoms. The molecule has 17 heavy (non-hydrogen) atoms. The maximum atomic E-state index is 3.32. The third kappa shape index (κ3) is 4.34. The summed E-state index contributed by atoms with van der Waals surface area (Å²) in [7, 11) is 0. The first-order valence-corrected chi connectivity index (χ1v) is 7.39. The fourth-order valence-corrected chi connectivity index (χ4v) is 2.10. The van der Waals surface area contributed by atoms with Crippen LogP contribution in [0.15, 0.2) is 48.5 Å². The molecular weight excluding hydrogens is 438 g/mol. The first-order valence-electron chi connectivity index (χ1n) is 5.23. The fourth-order valence-electron chi connectivity index (χ4n) is 1.38. The van der Waals surface area contributed by atoms with Crippen molar-refractivity contribution in [3.8, 4) is 0 Å². The van der Waals surface area contributed by atoms with Gasteiger partial charge in [0.2, 0.25) is 0 Å². The number of nitrogens with one attached hydrogen (secondary N) is 2. The van der Waals surface area contributed by atoms with Crippen LogP contribution in [0.4, 0.5) is 11.4 Å². The van der Waals surface area contributed by atoms with E-state index in [4.69, 9.17) is 0 Å². The molecule has 0 saturated carbocycles. The van der Waals surface area contributed by atoms with Crippen molar-refractivity contribution in [3.63, 3.8) is 0 Å². The van der Waals surface area contributed by atoms with Gasteiger partial charge in [-0.3, -0.25) is 0 Å². The van der Waals surface area contributed by atoms with E-state index in [1.54, 1.807) is 0 Å². The molecule has 0 amide bonds. The first kappa shape index (κ1) is 12.9. The predicted octanol–water partition coefficient (Wildman–Crippen LogP) is 4.38. The zero-order valence-corrected chi connectivity index (χ0v) is 13.4. The van der Waals surface area contributed by atoms with Gasteiger partial charge in [0.25, 0.3) is 0 Å². The Balaban J connectivity index is 1.83. The van der Waals surface area contributed by atoms with Crippen LogP contribution in [0.3, 0.4) is 0 Å². The molecule has 0 aromatic heterocycles. The van der Waals surface area contributed by atoms with Crippen molar-refractivity contribution in [2.45, 2.75) is 0 Å². The van der Waals surface area contributed by atoms with Crippen molar-refractivity contribution >= 4 is 56.6 Å². The van der Waals surface area contributed by atoms with Gasteiger partial charge in [-0.1, -0.05) is 0 Å². The quantitative estimate of drug-likeness (QED) is 0.534. The summed E-state index contributed by atoms with van der Waals surface area (Å²) in [6.45, 7) is 0.723. The van der Waals surface area contributed by atoms with E-state index in [1.807, 2.05) is 0 Å². The largest absolute Gasteiger partial charge is 0.368 e. The van der Waals surface area contributed by atoms with Crippen LogP contribution in [0.25, 0.3) is 0 Å². The average molecular weight is 450 g/mol. The molecule has 2 aromatic rings. The van der Waals surface area contributed by atoms with E-state index >= 15 is 0 Å². The van der Waals surface area contributed by atoms with Crippen molar-refractivity contribution in [1.82, 2.24) is 0 Å². The van der Waals surface area contributed by atoms with E-state index in [2.05, 4.69) is 104 Å². The summed E-state index contributed by atoms with van der Waals surface area (Å²) < 4.78 is 2.50. The molecular formula is C13H12I2N2. The summed E-state index contributed by atoms with van der Waals surface area (Å²) in [6.07, 6.45) is 0. The van der Waals surface area contributed by atoms with Gasteiger partial charge in [0.1, 0.15) is 0 Å². The molecule has 0 saturated heterocycles. The Kier molecular flexibility index (Phi) is 4.90. The van der Waals surface area contributed by atoms with Crippen LogP contribution in [0.5, 0.6) is 0 Å². The van der Waals surface area contributed by atoms with Crippen LogP contribution >= 0.6 is 45.2 Å². The Hall–Kier alpha value is -0.500. The molecule has 0 aliphatic rings. The second-order valence-electron chi connectivity index (χ2n) is 3.54. The number of hydrogen-bond donors (Lipinski definition) is 2. The lowest BCUT2D eigenvalue weighted by Crippen LogP contribution is -2.11. The Bertz CT molecular complexity index is 420. The third-order valence-electron chi connectivity index (χ3n) is 2.27. The van der Waals surface area contributed by atoms with Gasteiger partial charge in [-0.25, -0.2) is 0 Å². The molecule has 0 bridgehead atoms. The lowest BCUT2D eigenvalue weighted by Gasteiger charge is -2.09. The van der Waals surface area contributed by atoms with Crippen LogP contribution in [0.2, 0.25) is 0 Å². The summed E-state index contributed by atoms with van der Waals surface area (Å²) in [5, 5.41) is 6.64. The Morgan fingerprint density at radius 2 is 1.00 bits per heavy atom. The number of benzene rings is 2. The van der Waals surface area contributed by atoms with E-state index in [0.29, 0.717) is 0 Å². The van der Waals surface area contributed by atoms with Gasteiger partial charge in [0.15, 0.2) is 0 Å². The van der Waals surface area contributed by atoms with E-state index in [-0.39, 0.29) is 0 Å². The van der Waals surface area contributed by atoms with Gasteiger partial charge in [0.05, 0.1) is 6.67 Å². The summed E-state index contributed by atoms with van der Waals surface area (Å²) in [5.41, 5.74) is 2.26. The maximum absolute atomic E-state index is 3.32. The highest BCUT2D eigenvalue weighted by molar-refractivity contribution is 14.1. The van der Waals surface area contributed by atoms with Gasteiger partial charge in [-0.05, 0) is 93.7 Å². The monoisotopic (exact) mass is 450 g/mol. The van der Waals surface area contributed by atoms with Crippen molar-refractivity contribution in [2.24, 2.45) is 0 Å². The number of halogens is 2. The minimum absolute atomic E-state index is 0.723. The van der Waals surface area contributed by atoms with Gasteiger partial charge in [-0.2, -0.15) is 0 Å². The van der Waals surface area contributed by atoms with Crippen LogP contribution in [-0.4, -0.2) is 6.67 Å². The second kappa shape index (κ2) is 6.44. The SMILES string of the molecule is Ic1ccc(NCNc2ccc(I)cc2)cc1. The molecule has 2 rings (SSSR count). The Morgan fingerprint density at radius 3 is 1.35 bits per heavy atom. The van der Waals surface area contributed by atoms with Crippen LogP contribution < -0.4 is 10.6 Å². The standard InChI is InChI=1S/C13H12I2N2/c14-10-1-5-12(6-2-10)16-9-17-13-7-3-11(15)4-8-13/h1-8,16-17H,9H2. The summed E-state index contributed by atoms with van der Waals surface area (Å²) in [5.74, 6) is 0. The highest BCUT2D eigenvalue weighted by Crippen LogP contribution is 2.12. The van der Waals surface area contributed by atoms with E-state index < -0.39 is 0 Å². The topological polar surface area (TPSA) is 24.1 Å². The van der Waals surface area contributed by atoms with Gasteiger partial charge in [0, 0.05) is 18.5 Å². The van der Waals surface area contributed by atoms with Crippen LogP contribution in [0.1, 0.15) is 0 Å². The number of rotatable bonds is 4. The molecule has 0 aliphatic heterocycles. The molecule has 0 atom stereocenters. The molecule has 0 radical (unpaired) electrons. The lowest BCUT2D eigenvalue weighted by molar-refractivity contribution is 1.21. The number of anilines is 2. The highest BCUT2D eigenvalue weighted by atomic mass is 127. The van der Waals surface area contributed by atoms with Crippen molar-refractivity contribution in [1.29, 1.82) is 0 Å². The zero-order chi connectivity index (χ0) is 12.1. The molecule has 0 spiro atoms. The lowest BCUT2D eigenvalue weighted by atomic mass is 10.3. The fraction of sp³-hybridized carbons (Fsp3) is 0.0769. The number of hydrogen-bond acceptors (Lipinski definition) is 2. The highest BCUT2D eigenvalue weighted by Gasteiger charge is 1.93. The van der Waals surface area contributed by atoms with Crippen LogP contribution in [0, 0.1) is 7.14 Å². The minimum atomic E-state index is 0.723. The summed E-state index contributed by atoms with van der Waals surface area (Å²) in [4.78, 5) is 0. The molecule has 2 nitrogen and oxygen atoms in total. The van der Waals surface area contributed by atoms with Crippen molar-refractivity contribution < 1.29 is 0 Å². The molecule has 0 fully saturated rings. The zero-order valence-electron chi connectivity index (χ0n) is 9.08. The summed E-state index contributed by atoms with van der Waals surface area (Å²) in [6, 6.07) is 16.7. The minimum Gasteiger partial charge on any atom is -0.368 e. The van der Waals surface area contributed by atoms with E-state index in [1.165, 1.54) is 7.14 Å². The van der Waals surface area contributed by atoms with Crippen molar-refractivity contribution in [3.05, 3.63) is 55.7 Å². The molecule has 0 unspecified atom stereocenters. The van der Waals surface area contributed by atoms with Gasteiger partial charge < -0.3 is 10.6 Å². The smallest absolute Gasteiger partial charge is 0.0849 e. The molecule has 2 N–H and O–H groups in total. The molecule has 88 valence electrons. The van der Waals surface area contributed by atoms with E-state index in [9.17, 15) is 0 Å².